The van der Waals surface area contributed by atoms with Gasteiger partial charge in [0.15, 0.2) is 0 Å². The Morgan fingerprint density at radius 3 is 2.93 bits per heavy atom. The molecular weight excluding hydrogens is 178 g/mol. The van der Waals surface area contributed by atoms with E-state index in [4.69, 9.17) is 10.3 Å². The molecule has 74 valence electrons. The minimum Gasteiger partial charge on any atom is -0.496 e. The van der Waals surface area contributed by atoms with Crippen molar-refractivity contribution in [2.24, 2.45) is 5.11 Å². The van der Waals surface area contributed by atoms with Crippen LogP contribution in [-0.4, -0.2) is 13.7 Å². The molecule has 0 aliphatic heterocycles. The van der Waals surface area contributed by atoms with Crippen LogP contribution in [0.3, 0.4) is 0 Å². The molecule has 1 aromatic rings. The molecule has 0 unspecified atom stereocenters. The predicted octanol–water partition coefficient (Wildman–Crippen LogP) is 2.86. The van der Waals surface area contributed by atoms with Gasteiger partial charge in [-0.15, -0.1) is 0 Å². The molecule has 1 aromatic carbocycles. The second-order valence-electron chi connectivity index (χ2n) is 2.95. The largest absolute Gasteiger partial charge is 0.496 e. The lowest BCUT2D eigenvalue weighted by Gasteiger charge is -2.08. The van der Waals surface area contributed by atoms with E-state index in [1.165, 1.54) is 0 Å². The SMILES string of the molecule is COc1cccc(CCN=[N+]=[N-])c1C. The van der Waals surface area contributed by atoms with E-state index in [-0.39, 0.29) is 0 Å². The Kier molecular flexibility index (Phi) is 3.83. The molecular formula is C10H13N3O. The first-order valence-corrected chi connectivity index (χ1v) is 4.43. The summed E-state index contributed by atoms with van der Waals surface area (Å²) in [5.41, 5.74) is 10.4. The van der Waals surface area contributed by atoms with Crippen molar-refractivity contribution < 1.29 is 4.74 Å². The molecule has 0 saturated heterocycles. The Labute approximate surface area is 83.1 Å². The maximum atomic E-state index is 8.15. The van der Waals surface area contributed by atoms with Crippen LogP contribution in [-0.2, 0) is 6.42 Å². The van der Waals surface area contributed by atoms with E-state index in [1.807, 2.05) is 25.1 Å². The third-order valence-corrected chi connectivity index (χ3v) is 2.16. The van der Waals surface area contributed by atoms with Gasteiger partial charge >= 0.3 is 0 Å². The molecule has 0 atom stereocenters. The van der Waals surface area contributed by atoms with Crippen molar-refractivity contribution in [2.75, 3.05) is 13.7 Å². The summed E-state index contributed by atoms with van der Waals surface area (Å²) in [7, 11) is 1.65. The van der Waals surface area contributed by atoms with Crippen LogP contribution in [0, 0.1) is 6.92 Å². The molecule has 14 heavy (non-hydrogen) atoms. The van der Waals surface area contributed by atoms with E-state index in [2.05, 4.69) is 10.0 Å². The van der Waals surface area contributed by atoms with Crippen LogP contribution in [0.1, 0.15) is 11.1 Å². The summed E-state index contributed by atoms with van der Waals surface area (Å²) in [6.07, 6.45) is 0.757. The molecule has 4 heteroatoms. The monoisotopic (exact) mass is 191 g/mol. The Morgan fingerprint density at radius 2 is 2.29 bits per heavy atom. The highest BCUT2D eigenvalue weighted by atomic mass is 16.5. The average molecular weight is 191 g/mol. The topological polar surface area (TPSA) is 58.0 Å². The van der Waals surface area contributed by atoms with Gasteiger partial charge in [-0.2, -0.15) is 0 Å². The zero-order valence-corrected chi connectivity index (χ0v) is 8.40. The van der Waals surface area contributed by atoms with Crippen LogP contribution in [0.4, 0.5) is 0 Å². The first kappa shape index (κ1) is 10.4. The highest BCUT2D eigenvalue weighted by molar-refractivity contribution is 5.39. The lowest BCUT2D eigenvalue weighted by molar-refractivity contribution is 0.411. The van der Waals surface area contributed by atoms with Crippen molar-refractivity contribution in [1.82, 2.24) is 0 Å². The normalized spacial score (nSPS) is 9.29. The third kappa shape index (κ3) is 2.41. The van der Waals surface area contributed by atoms with Gasteiger partial charge in [-0.1, -0.05) is 17.2 Å². The molecule has 0 aromatic heterocycles. The van der Waals surface area contributed by atoms with E-state index in [0.29, 0.717) is 6.54 Å². The van der Waals surface area contributed by atoms with Gasteiger partial charge in [-0.05, 0) is 36.1 Å². The Morgan fingerprint density at radius 1 is 1.50 bits per heavy atom. The van der Waals surface area contributed by atoms with Crippen LogP contribution >= 0.6 is 0 Å². The van der Waals surface area contributed by atoms with Gasteiger partial charge in [-0.25, -0.2) is 0 Å². The first-order chi connectivity index (χ1) is 6.79. The number of hydrogen-bond acceptors (Lipinski definition) is 2. The summed E-state index contributed by atoms with van der Waals surface area (Å²) < 4.78 is 5.19. The number of hydrogen-bond donors (Lipinski definition) is 0. The van der Waals surface area contributed by atoms with Crippen molar-refractivity contribution in [3.63, 3.8) is 0 Å². The molecule has 0 spiro atoms. The standard InChI is InChI=1S/C10H13N3O/c1-8-9(6-7-12-13-11)4-3-5-10(8)14-2/h3-5H,6-7H2,1-2H3. The Bertz CT molecular complexity index is 356. The maximum absolute atomic E-state index is 8.15. The van der Waals surface area contributed by atoms with Gasteiger partial charge in [0.25, 0.3) is 0 Å². The molecule has 0 heterocycles. The van der Waals surface area contributed by atoms with Crippen molar-refractivity contribution in [1.29, 1.82) is 0 Å². The second kappa shape index (κ2) is 5.14. The summed E-state index contributed by atoms with van der Waals surface area (Å²) in [6.45, 7) is 2.49. The minimum atomic E-state index is 0.491. The fourth-order valence-corrected chi connectivity index (χ4v) is 1.37. The number of nitrogens with zero attached hydrogens (tertiary/aromatic N) is 3. The summed E-state index contributed by atoms with van der Waals surface area (Å²) in [5, 5.41) is 3.50. The van der Waals surface area contributed by atoms with Gasteiger partial charge in [0, 0.05) is 11.5 Å². The fourth-order valence-electron chi connectivity index (χ4n) is 1.37. The molecule has 0 bridgehead atoms. The number of azide groups is 1. The lowest BCUT2D eigenvalue weighted by atomic mass is 10.1. The first-order valence-electron chi connectivity index (χ1n) is 4.43. The predicted molar refractivity (Wildman–Crippen MR) is 55.4 cm³/mol. The third-order valence-electron chi connectivity index (χ3n) is 2.16. The molecule has 0 saturated carbocycles. The Balaban J connectivity index is 2.81. The molecule has 0 aliphatic carbocycles. The molecule has 0 amide bonds. The fraction of sp³-hybridized carbons (Fsp3) is 0.400. The number of benzene rings is 1. The van der Waals surface area contributed by atoms with E-state index >= 15 is 0 Å². The summed E-state index contributed by atoms with van der Waals surface area (Å²) >= 11 is 0. The number of rotatable bonds is 4. The van der Waals surface area contributed by atoms with E-state index in [1.54, 1.807) is 7.11 Å². The Hall–Kier alpha value is -1.67. The van der Waals surface area contributed by atoms with Crippen molar-refractivity contribution in [2.45, 2.75) is 13.3 Å². The van der Waals surface area contributed by atoms with Crippen LogP contribution in [0.5, 0.6) is 5.75 Å². The van der Waals surface area contributed by atoms with Crippen LogP contribution in [0.2, 0.25) is 0 Å². The van der Waals surface area contributed by atoms with Gasteiger partial charge in [0.05, 0.1) is 7.11 Å². The highest BCUT2D eigenvalue weighted by Gasteiger charge is 2.02. The second-order valence-corrected chi connectivity index (χ2v) is 2.95. The maximum Gasteiger partial charge on any atom is 0.122 e. The average Bonchev–Trinajstić information content (AvgIpc) is 2.21. The number of methoxy groups -OCH3 is 1. The zero-order chi connectivity index (χ0) is 10.4. The number of ether oxygens (including phenoxy) is 1. The highest BCUT2D eigenvalue weighted by Crippen LogP contribution is 2.21. The van der Waals surface area contributed by atoms with Crippen molar-refractivity contribution in [3.8, 4) is 5.75 Å². The molecule has 0 fully saturated rings. The van der Waals surface area contributed by atoms with Gasteiger partial charge in [0.2, 0.25) is 0 Å². The van der Waals surface area contributed by atoms with E-state index in [9.17, 15) is 0 Å². The van der Waals surface area contributed by atoms with Crippen LogP contribution < -0.4 is 4.74 Å². The van der Waals surface area contributed by atoms with E-state index in [0.717, 1.165) is 23.3 Å². The smallest absolute Gasteiger partial charge is 0.122 e. The lowest BCUT2D eigenvalue weighted by Crippen LogP contribution is -1.95. The van der Waals surface area contributed by atoms with E-state index < -0.39 is 0 Å². The van der Waals surface area contributed by atoms with Crippen LogP contribution in [0.25, 0.3) is 10.4 Å². The summed E-state index contributed by atoms with van der Waals surface area (Å²) in [6, 6.07) is 5.88. The summed E-state index contributed by atoms with van der Waals surface area (Å²) in [5.74, 6) is 0.878. The summed E-state index contributed by atoms with van der Waals surface area (Å²) in [4.78, 5) is 2.72. The molecule has 1 rings (SSSR count). The molecule has 0 aliphatic rings. The van der Waals surface area contributed by atoms with Gasteiger partial charge in [0.1, 0.15) is 5.75 Å². The quantitative estimate of drug-likeness (QED) is 0.410. The molecule has 0 radical (unpaired) electrons. The zero-order valence-electron chi connectivity index (χ0n) is 8.40. The molecule has 4 nitrogen and oxygen atoms in total. The molecule has 0 N–H and O–H groups in total. The minimum absolute atomic E-state index is 0.491. The van der Waals surface area contributed by atoms with Crippen LogP contribution in [0.15, 0.2) is 23.3 Å². The van der Waals surface area contributed by atoms with Gasteiger partial charge < -0.3 is 4.74 Å². The van der Waals surface area contributed by atoms with Gasteiger partial charge in [-0.3, -0.25) is 0 Å². The van der Waals surface area contributed by atoms with Crippen molar-refractivity contribution in [3.05, 3.63) is 39.8 Å². The van der Waals surface area contributed by atoms with Crippen molar-refractivity contribution >= 4 is 0 Å².